The van der Waals surface area contributed by atoms with Crippen molar-refractivity contribution in [2.24, 2.45) is 17.3 Å². The van der Waals surface area contributed by atoms with Gasteiger partial charge in [0.2, 0.25) is 5.79 Å². The molecule has 5 nitrogen and oxygen atoms in total. The molecule has 21 heavy (non-hydrogen) atoms. The van der Waals surface area contributed by atoms with E-state index >= 15 is 0 Å². The zero-order valence-electron chi connectivity index (χ0n) is 13.0. The van der Waals surface area contributed by atoms with Gasteiger partial charge in [0.25, 0.3) is 0 Å². The van der Waals surface area contributed by atoms with E-state index in [0.717, 1.165) is 6.42 Å². The number of ether oxygens (including phenoxy) is 2. The predicted octanol–water partition coefficient (Wildman–Crippen LogP) is 1.38. The molecule has 6 unspecified atom stereocenters. The zero-order chi connectivity index (χ0) is 15.6. The Balaban J connectivity index is 2.14. The number of rotatable bonds is 1. The van der Waals surface area contributed by atoms with Crippen LogP contribution in [0, 0.1) is 17.3 Å². The van der Waals surface area contributed by atoms with Crippen molar-refractivity contribution in [1.29, 1.82) is 0 Å². The van der Waals surface area contributed by atoms with Crippen molar-refractivity contribution in [3.63, 3.8) is 0 Å². The maximum absolute atomic E-state index is 11.9. The maximum atomic E-state index is 11.9. The summed E-state index contributed by atoms with van der Waals surface area (Å²) < 4.78 is 11.0. The van der Waals surface area contributed by atoms with Crippen LogP contribution >= 0.6 is 0 Å². The second-order valence-electron chi connectivity index (χ2n) is 7.03. The fourth-order valence-electron chi connectivity index (χ4n) is 4.75. The molecule has 1 aliphatic heterocycles. The number of carbonyl (C=O) groups excluding carboxylic acids is 1. The van der Waals surface area contributed by atoms with E-state index in [1.165, 1.54) is 0 Å². The SMILES string of the molecule is COC1C2=C(C)C(=O)OC2(O)CC2CCC(O)C(C)C21C. The van der Waals surface area contributed by atoms with Crippen LogP contribution in [0.3, 0.4) is 0 Å². The number of esters is 1. The van der Waals surface area contributed by atoms with E-state index in [0.29, 0.717) is 24.0 Å². The highest BCUT2D eigenvalue weighted by atomic mass is 16.7. The van der Waals surface area contributed by atoms with Gasteiger partial charge in [-0.25, -0.2) is 4.79 Å². The van der Waals surface area contributed by atoms with E-state index in [9.17, 15) is 15.0 Å². The highest BCUT2D eigenvalue weighted by molar-refractivity contribution is 5.92. The summed E-state index contributed by atoms with van der Waals surface area (Å²) in [6.45, 7) is 5.80. The van der Waals surface area contributed by atoms with E-state index in [4.69, 9.17) is 9.47 Å². The molecule has 0 bridgehead atoms. The molecule has 2 N–H and O–H groups in total. The second kappa shape index (κ2) is 4.54. The van der Waals surface area contributed by atoms with Gasteiger partial charge in [-0.2, -0.15) is 0 Å². The summed E-state index contributed by atoms with van der Waals surface area (Å²) in [5.74, 6) is -1.83. The molecule has 6 atom stereocenters. The first-order chi connectivity index (χ1) is 9.75. The molecular formula is C16H24O5. The summed E-state index contributed by atoms with van der Waals surface area (Å²) in [5.41, 5.74) is 0.675. The average molecular weight is 296 g/mol. The molecule has 0 aromatic rings. The van der Waals surface area contributed by atoms with Crippen LogP contribution in [0.1, 0.15) is 40.0 Å². The minimum Gasteiger partial charge on any atom is -0.426 e. The highest BCUT2D eigenvalue weighted by Crippen LogP contribution is 2.60. The summed E-state index contributed by atoms with van der Waals surface area (Å²) in [6.07, 6.45) is 1.10. The average Bonchev–Trinajstić information content (AvgIpc) is 2.65. The van der Waals surface area contributed by atoms with Gasteiger partial charge in [0.05, 0.1) is 12.2 Å². The van der Waals surface area contributed by atoms with Crippen LogP contribution in [0.2, 0.25) is 0 Å². The third-order valence-corrected chi connectivity index (χ3v) is 6.23. The van der Waals surface area contributed by atoms with Crippen molar-refractivity contribution in [1.82, 2.24) is 0 Å². The topological polar surface area (TPSA) is 76.0 Å². The van der Waals surface area contributed by atoms with Crippen molar-refractivity contribution >= 4 is 5.97 Å². The smallest absolute Gasteiger partial charge is 0.336 e. The number of hydrogen-bond acceptors (Lipinski definition) is 5. The number of fused-ring (bicyclic) bond motifs is 2. The number of aliphatic hydroxyl groups excluding tert-OH is 1. The first-order valence-corrected chi connectivity index (χ1v) is 7.63. The summed E-state index contributed by atoms with van der Waals surface area (Å²) in [4.78, 5) is 11.9. The van der Waals surface area contributed by atoms with E-state index in [-0.39, 0.29) is 23.4 Å². The Morgan fingerprint density at radius 2 is 2.05 bits per heavy atom. The minimum absolute atomic E-state index is 0.0294. The largest absolute Gasteiger partial charge is 0.426 e. The third kappa shape index (κ3) is 1.77. The van der Waals surface area contributed by atoms with Gasteiger partial charge < -0.3 is 19.7 Å². The van der Waals surface area contributed by atoms with Crippen LogP contribution in [0.15, 0.2) is 11.1 Å². The van der Waals surface area contributed by atoms with Crippen molar-refractivity contribution < 1.29 is 24.5 Å². The van der Waals surface area contributed by atoms with Gasteiger partial charge in [0, 0.05) is 30.1 Å². The number of hydrogen-bond donors (Lipinski definition) is 2. The number of aliphatic hydroxyl groups is 2. The van der Waals surface area contributed by atoms with Crippen molar-refractivity contribution in [2.45, 2.75) is 58.0 Å². The van der Waals surface area contributed by atoms with Crippen molar-refractivity contribution in [3.8, 4) is 0 Å². The maximum Gasteiger partial charge on any atom is 0.336 e. The third-order valence-electron chi connectivity index (χ3n) is 6.23. The second-order valence-corrected chi connectivity index (χ2v) is 7.03. The fraction of sp³-hybridized carbons (Fsp3) is 0.812. The van der Waals surface area contributed by atoms with E-state index in [2.05, 4.69) is 6.92 Å². The van der Waals surface area contributed by atoms with Gasteiger partial charge in [-0.15, -0.1) is 0 Å². The lowest BCUT2D eigenvalue weighted by molar-refractivity contribution is -0.231. The summed E-state index contributed by atoms with van der Waals surface area (Å²) in [5, 5.41) is 21.1. The molecule has 0 radical (unpaired) electrons. The summed E-state index contributed by atoms with van der Waals surface area (Å²) in [7, 11) is 1.59. The van der Waals surface area contributed by atoms with Gasteiger partial charge in [-0.1, -0.05) is 13.8 Å². The Hall–Kier alpha value is -0.910. The molecule has 5 heteroatoms. The van der Waals surface area contributed by atoms with Gasteiger partial charge in [0.15, 0.2) is 0 Å². The number of methoxy groups -OCH3 is 1. The summed E-state index contributed by atoms with van der Waals surface area (Å²) >= 11 is 0. The zero-order valence-corrected chi connectivity index (χ0v) is 13.0. The standard InChI is InChI=1S/C16H24O5/c1-8-12-13(20-4)15(3)9(2)11(17)6-5-10(15)7-16(12,19)21-14(8)18/h9-11,13,17,19H,5-7H2,1-4H3. The Morgan fingerprint density at radius 1 is 1.38 bits per heavy atom. The highest BCUT2D eigenvalue weighted by Gasteiger charge is 2.64. The molecule has 3 rings (SSSR count). The molecule has 3 aliphatic rings. The van der Waals surface area contributed by atoms with E-state index < -0.39 is 17.9 Å². The Bertz CT molecular complexity index is 513. The van der Waals surface area contributed by atoms with Crippen LogP contribution in [0.25, 0.3) is 0 Å². The lowest BCUT2D eigenvalue weighted by Gasteiger charge is -2.57. The molecule has 1 heterocycles. The van der Waals surface area contributed by atoms with Gasteiger partial charge >= 0.3 is 5.97 Å². The number of carbonyl (C=O) groups is 1. The quantitative estimate of drug-likeness (QED) is 0.715. The lowest BCUT2D eigenvalue weighted by atomic mass is 9.51. The molecule has 0 aromatic heterocycles. The van der Waals surface area contributed by atoms with Gasteiger partial charge in [-0.05, 0) is 31.6 Å². The molecule has 0 amide bonds. The summed E-state index contributed by atoms with van der Waals surface area (Å²) in [6, 6.07) is 0. The molecular weight excluding hydrogens is 272 g/mol. The van der Waals surface area contributed by atoms with Crippen LogP contribution in [-0.4, -0.2) is 41.3 Å². The minimum atomic E-state index is -1.53. The van der Waals surface area contributed by atoms with Crippen LogP contribution < -0.4 is 0 Å². The normalized spacial score (nSPS) is 49.7. The molecule has 0 spiro atoms. The van der Waals surface area contributed by atoms with Crippen LogP contribution in [-0.2, 0) is 14.3 Å². The molecule has 2 fully saturated rings. The Kier molecular flexibility index (Phi) is 3.24. The van der Waals surface area contributed by atoms with E-state index in [1.807, 2.05) is 6.92 Å². The lowest BCUT2D eigenvalue weighted by Crippen LogP contribution is -2.61. The Labute approximate surface area is 124 Å². The molecule has 2 aliphatic carbocycles. The monoisotopic (exact) mass is 296 g/mol. The van der Waals surface area contributed by atoms with Crippen LogP contribution in [0.5, 0.6) is 0 Å². The first kappa shape index (κ1) is 15.0. The van der Waals surface area contributed by atoms with Gasteiger partial charge in [0.1, 0.15) is 0 Å². The molecule has 2 saturated carbocycles. The Morgan fingerprint density at radius 3 is 2.67 bits per heavy atom. The first-order valence-electron chi connectivity index (χ1n) is 7.63. The fourth-order valence-corrected chi connectivity index (χ4v) is 4.75. The van der Waals surface area contributed by atoms with Crippen LogP contribution in [0.4, 0.5) is 0 Å². The van der Waals surface area contributed by atoms with E-state index in [1.54, 1.807) is 14.0 Å². The molecule has 0 aromatic carbocycles. The van der Waals surface area contributed by atoms with Crippen molar-refractivity contribution in [3.05, 3.63) is 11.1 Å². The molecule has 118 valence electrons. The van der Waals surface area contributed by atoms with Crippen molar-refractivity contribution in [2.75, 3.05) is 7.11 Å². The predicted molar refractivity (Wildman–Crippen MR) is 75.2 cm³/mol. The molecule has 0 saturated heterocycles. The van der Waals surface area contributed by atoms with Gasteiger partial charge in [-0.3, -0.25) is 0 Å².